The van der Waals surface area contributed by atoms with E-state index in [4.69, 9.17) is 0 Å². The van der Waals surface area contributed by atoms with Crippen LogP contribution in [0, 0.1) is 0 Å². The molecule has 0 radical (unpaired) electrons. The fourth-order valence-electron chi connectivity index (χ4n) is 2.17. The zero-order valence-electron chi connectivity index (χ0n) is 13.0. The Bertz CT molecular complexity index is 674. The highest BCUT2D eigenvalue weighted by atomic mass is 16.2. The van der Waals surface area contributed by atoms with Gasteiger partial charge in [-0.25, -0.2) is 0 Å². The van der Waals surface area contributed by atoms with Crippen LogP contribution in [0.25, 0.3) is 0 Å². The van der Waals surface area contributed by atoms with E-state index in [2.05, 4.69) is 10.4 Å². The molecular formula is C16H20N4O2. The van der Waals surface area contributed by atoms with Crippen LogP contribution in [0.2, 0.25) is 0 Å². The van der Waals surface area contributed by atoms with Crippen LogP contribution in [0.15, 0.2) is 36.7 Å². The molecule has 1 heterocycles. The minimum absolute atomic E-state index is 0.0394. The van der Waals surface area contributed by atoms with E-state index in [0.717, 1.165) is 0 Å². The van der Waals surface area contributed by atoms with E-state index in [0.29, 0.717) is 29.9 Å². The van der Waals surface area contributed by atoms with Crippen LogP contribution >= 0.6 is 0 Å². The standard InChI is InChI=1S/C16H20N4O2/c1-4-20(5-2)16(22)12-7-6-8-14(9-12)18-15(21)13-10-17-19(3)11-13/h6-11H,4-5H2,1-3H3,(H,18,21). The normalized spacial score (nSPS) is 10.3. The smallest absolute Gasteiger partial charge is 0.258 e. The first kappa shape index (κ1) is 15.8. The molecule has 116 valence electrons. The SMILES string of the molecule is CCN(CC)C(=O)c1cccc(NC(=O)c2cnn(C)c2)c1. The summed E-state index contributed by atoms with van der Waals surface area (Å²) in [6.45, 7) is 5.19. The number of nitrogens with zero attached hydrogens (tertiary/aromatic N) is 3. The Morgan fingerprint density at radius 2 is 1.95 bits per heavy atom. The van der Waals surface area contributed by atoms with Crippen molar-refractivity contribution in [3.63, 3.8) is 0 Å². The summed E-state index contributed by atoms with van der Waals surface area (Å²) in [5.41, 5.74) is 1.63. The van der Waals surface area contributed by atoms with Crippen LogP contribution in [0.4, 0.5) is 5.69 Å². The fourth-order valence-corrected chi connectivity index (χ4v) is 2.17. The second-order valence-electron chi connectivity index (χ2n) is 4.92. The first-order valence-electron chi connectivity index (χ1n) is 7.24. The molecule has 1 aromatic heterocycles. The number of carbonyl (C=O) groups is 2. The van der Waals surface area contributed by atoms with E-state index in [-0.39, 0.29) is 11.8 Å². The van der Waals surface area contributed by atoms with E-state index in [1.54, 1.807) is 47.1 Å². The number of aryl methyl sites for hydroxylation is 1. The first-order chi connectivity index (χ1) is 10.5. The highest BCUT2D eigenvalue weighted by Crippen LogP contribution is 2.14. The Labute approximate surface area is 129 Å². The van der Waals surface area contributed by atoms with Crippen molar-refractivity contribution in [3.05, 3.63) is 47.8 Å². The topological polar surface area (TPSA) is 67.2 Å². The molecule has 0 atom stereocenters. The molecule has 2 aromatic rings. The van der Waals surface area contributed by atoms with Crippen molar-refractivity contribution in [2.75, 3.05) is 18.4 Å². The average Bonchev–Trinajstić information content (AvgIpc) is 2.95. The lowest BCUT2D eigenvalue weighted by molar-refractivity contribution is 0.0772. The van der Waals surface area contributed by atoms with Crippen LogP contribution in [0.1, 0.15) is 34.6 Å². The molecule has 2 rings (SSSR count). The van der Waals surface area contributed by atoms with Gasteiger partial charge in [0.05, 0.1) is 11.8 Å². The Morgan fingerprint density at radius 3 is 2.55 bits per heavy atom. The molecule has 0 saturated heterocycles. The van der Waals surface area contributed by atoms with Crippen molar-refractivity contribution < 1.29 is 9.59 Å². The zero-order chi connectivity index (χ0) is 16.1. The monoisotopic (exact) mass is 300 g/mol. The Hall–Kier alpha value is -2.63. The van der Waals surface area contributed by atoms with Crippen molar-refractivity contribution in [1.29, 1.82) is 0 Å². The quantitative estimate of drug-likeness (QED) is 0.920. The van der Waals surface area contributed by atoms with Gasteiger partial charge in [0.15, 0.2) is 0 Å². The lowest BCUT2D eigenvalue weighted by atomic mass is 10.1. The molecule has 0 aliphatic carbocycles. The first-order valence-corrected chi connectivity index (χ1v) is 7.24. The number of carbonyl (C=O) groups excluding carboxylic acids is 2. The third-order valence-corrected chi connectivity index (χ3v) is 3.39. The van der Waals surface area contributed by atoms with Crippen molar-refractivity contribution in [3.8, 4) is 0 Å². The minimum Gasteiger partial charge on any atom is -0.339 e. The van der Waals surface area contributed by atoms with Crippen LogP contribution in [-0.4, -0.2) is 39.6 Å². The Morgan fingerprint density at radius 1 is 1.23 bits per heavy atom. The molecule has 0 unspecified atom stereocenters. The van der Waals surface area contributed by atoms with Crippen LogP contribution in [0.3, 0.4) is 0 Å². The summed E-state index contributed by atoms with van der Waals surface area (Å²) in [6.07, 6.45) is 3.14. The highest BCUT2D eigenvalue weighted by Gasteiger charge is 2.14. The minimum atomic E-state index is -0.250. The van der Waals surface area contributed by atoms with Crippen molar-refractivity contribution >= 4 is 17.5 Å². The summed E-state index contributed by atoms with van der Waals surface area (Å²) >= 11 is 0. The molecular weight excluding hydrogens is 280 g/mol. The van der Waals surface area contributed by atoms with E-state index in [1.807, 2.05) is 13.8 Å². The number of hydrogen-bond acceptors (Lipinski definition) is 3. The van der Waals surface area contributed by atoms with E-state index < -0.39 is 0 Å². The predicted molar refractivity (Wildman–Crippen MR) is 84.9 cm³/mol. The summed E-state index contributed by atoms with van der Waals surface area (Å²) in [4.78, 5) is 26.2. The van der Waals surface area contributed by atoms with Gasteiger partial charge in [-0.15, -0.1) is 0 Å². The van der Waals surface area contributed by atoms with E-state index >= 15 is 0 Å². The molecule has 6 heteroatoms. The molecule has 0 aliphatic rings. The fraction of sp³-hybridized carbons (Fsp3) is 0.312. The van der Waals surface area contributed by atoms with Gasteiger partial charge in [-0.3, -0.25) is 14.3 Å². The van der Waals surface area contributed by atoms with Crippen molar-refractivity contribution in [2.24, 2.45) is 7.05 Å². The Kier molecular flexibility index (Phi) is 4.93. The second-order valence-corrected chi connectivity index (χ2v) is 4.92. The number of aromatic nitrogens is 2. The molecule has 2 amide bonds. The number of hydrogen-bond donors (Lipinski definition) is 1. The lowest BCUT2D eigenvalue weighted by Crippen LogP contribution is -2.30. The van der Waals surface area contributed by atoms with Gasteiger partial charge in [-0.2, -0.15) is 5.10 Å². The molecule has 0 saturated carbocycles. The number of anilines is 1. The summed E-state index contributed by atoms with van der Waals surface area (Å²) in [5.74, 6) is -0.289. The Balaban J connectivity index is 2.15. The zero-order valence-corrected chi connectivity index (χ0v) is 13.0. The van der Waals surface area contributed by atoms with Gasteiger partial charge in [0, 0.05) is 37.6 Å². The van der Waals surface area contributed by atoms with Gasteiger partial charge in [0.2, 0.25) is 0 Å². The van der Waals surface area contributed by atoms with Gasteiger partial charge >= 0.3 is 0 Å². The number of nitrogens with one attached hydrogen (secondary N) is 1. The maximum absolute atomic E-state index is 12.3. The number of rotatable bonds is 5. The maximum Gasteiger partial charge on any atom is 0.258 e. The molecule has 22 heavy (non-hydrogen) atoms. The summed E-state index contributed by atoms with van der Waals surface area (Å²) in [6, 6.07) is 6.96. The van der Waals surface area contributed by atoms with Gasteiger partial charge in [-0.1, -0.05) is 6.07 Å². The lowest BCUT2D eigenvalue weighted by Gasteiger charge is -2.18. The molecule has 1 aromatic carbocycles. The maximum atomic E-state index is 12.3. The van der Waals surface area contributed by atoms with E-state index in [1.165, 1.54) is 6.20 Å². The predicted octanol–water partition coefficient (Wildman–Crippen LogP) is 2.15. The van der Waals surface area contributed by atoms with Crippen LogP contribution in [-0.2, 0) is 7.05 Å². The molecule has 0 fully saturated rings. The molecule has 6 nitrogen and oxygen atoms in total. The van der Waals surface area contributed by atoms with Gasteiger partial charge in [0.1, 0.15) is 0 Å². The largest absolute Gasteiger partial charge is 0.339 e. The molecule has 0 aliphatic heterocycles. The summed E-state index contributed by atoms with van der Waals surface area (Å²) < 4.78 is 1.56. The van der Waals surface area contributed by atoms with Crippen LogP contribution in [0.5, 0.6) is 0 Å². The van der Waals surface area contributed by atoms with E-state index in [9.17, 15) is 9.59 Å². The van der Waals surface area contributed by atoms with Gasteiger partial charge in [-0.05, 0) is 32.0 Å². The van der Waals surface area contributed by atoms with Gasteiger partial charge < -0.3 is 10.2 Å². The van der Waals surface area contributed by atoms with Crippen molar-refractivity contribution in [1.82, 2.24) is 14.7 Å². The second kappa shape index (κ2) is 6.89. The molecule has 0 spiro atoms. The summed E-state index contributed by atoms with van der Waals surface area (Å²) in [5, 5.41) is 6.74. The highest BCUT2D eigenvalue weighted by molar-refractivity contribution is 6.04. The third kappa shape index (κ3) is 3.52. The van der Waals surface area contributed by atoms with Gasteiger partial charge in [0.25, 0.3) is 11.8 Å². The van der Waals surface area contributed by atoms with Crippen LogP contribution < -0.4 is 5.32 Å². The van der Waals surface area contributed by atoms with Crippen molar-refractivity contribution in [2.45, 2.75) is 13.8 Å². The molecule has 0 bridgehead atoms. The number of benzene rings is 1. The third-order valence-electron chi connectivity index (χ3n) is 3.39. The number of amides is 2. The average molecular weight is 300 g/mol. The summed E-state index contributed by atoms with van der Waals surface area (Å²) in [7, 11) is 1.75. The molecule has 1 N–H and O–H groups in total.